The third-order valence-electron chi connectivity index (χ3n) is 2.52. The van der Waals surface area contributed by atoms with Crippen molar-refractivity contribution in [2.45, 2.75) is 37.4 Å². The van der Waals surface area contributed by atoms with Gasteiger partial charge in [-0.1, -0.05) is 6.42 Å². The molecule has 0 aromatic heterocycles. The van der Waals surface area contributed by atoms with E-state index in [1.54, 1.807) is 5.32 Å². The first kappa shape index (κ1) is 14.1. The smallest absolute Gasteiger partial charge is 0.347 e. The zero-order valence-corrected chi connectivity index (χ0v) is 8.91. The second kappa shape index (κ2) is 5.16. The van der Waals surface area contributed by atoms with Gasteiger partial charge < -0.3 is 10.6 Å². The maximum atomic E-state index is 12.6. The van der Waals surface area contributed by atoms with Gasteiger partial charge in [-0.25, -0.2) is 0 Å². The molecule has 1 saturated heterocycles. The predicted octanol–water partition coefficient (Wildman–Crippen LogP) is 1.44. The number of carbonyl (C=O) groups is 1. The quantitative estimate of drug-likeness (QED) is 0.738. The van der Waals surface area contributed by atoms with Crippen LogP contribution in [0, 0.1) is 0 Å². The molecule has 0 spiro atoms. The van der Waals surface area contributed by atoms with E-state index in [0.29, 0.717) is 19.4 Å². The summed E-state index contributed by atoms with van der Waals surface area (Å²) in [6.07, 6.45) is -3.97. The Kier molecular flexibility index (Phi) is 4.29. The molecule has 8 heteroatoms. The van der Waals surface area contributed by atoms with Gasteiger partial charge in [-0.15, -0.1) is 0 Å². The van der Waals surface area contributed by atoms with Crippen LogP contribution in [0.5, 0.6) is 0 Å². The van der Waals surface area contributed by atoms with Crippen LogP contribution in [0.3, 0.4) is 0 Å². The number of hydrogen-bond donors (Lipinski definition) is 2. The van der Waals surface area contributed by atoms with Crippen molar-refractivity contribution >= 4 is 5.91 Å². The fourth-order valence-electron chi connectivity index (χ4n) is 1.55. The minimum Gasteiger partial charge on any atom is -0.347 e. The SMILES string of the molecule is O=C(NC1CCCCNC1)C(F)(F)C(F)(F)F. The number of carbonyl (C=O) groups excluding carboxylic acids is 1. The standard InChI is InChI=1S/C9H13F5N2O/c10-8(11,9(12,13)14)7(17)16-6-3-1-2-4-15-5-6/h6,15H,1-5H2,(H,16,17). The van der Waals surface area contributed by atoms with Gasteiger partial charge in [-0.05, 0) is 19.4 Å². The molecule has 1 atom stereocenters. The van der Waals surface area contributed by atoms with Crippen LogP contribution >= 0.6 is 0 Å². The van der Waals surface area contributed by atoms with Gasteiger partial charge in [0.05, 0.1) is 0 Å². The van der Waals surface area contributed by atoms with Crippen LogP contribution in [-0.2, 0) is 4.79 Å². The Labute approximate surface area is 94.7 Å². The first-order chi connectivity index (χ1) is 7.75. The highest BCUT2D eigenvalue weighted by atomic mass is 19.4. The second-order valence-electron chi connectivity index (χ2n) is 3.94. The molecule has 1 aliphatic heterocycles. The summed E-state index contributed by atoms with van der Waals surface area (Å²) >= 11 is 0. The Morgan fingerprint density at radius 3 is 2.41 bits per heavy atom. The molecule has 0 aliphatic carbocycles. The molecule has 0 saturated carbocycles. The number of nitrogens with one attached hydrogen (secondary N) is 2. The fraction of sp³-hybridized carbons (Fsp3) is 0.889. The Morgan fingerprint density at radius 1 is 1.18 bits per heavy atom. The molecule has 100 valence electrons. The molecule has 1 amide bonds. The lowest BCUT2D eigenvalue weighted by atomic mass is 10.1. The highest BCUT2D eigenvalue weighted by Gasteiger charge is 2.63. The molecule has 17 heavy (non-hydrogen) atoms. The number of rotatable bonds is 2. The lowest BCUT2D eigenvalue weighted by Gasteiger charge is -2.22. The molecule has 1 unspecified atom stereocenters. The third-order valence-corrected chi connectivity index (χ3v) is 2.52. The molecule has 1 fully saturated rings. The maximum Gasteiger partial charge on any atom is 0.463 e. The Bertz CT molecular complexity index is 271. The number of amides is 1. The van der Waals surface area contributed by atoms with E-state index in [1.165, 1.54) is 0 Å². The fourth-order valence-corrected chi connectivity index (χ4v) is 1.55. The highest BCUT2D eigenvalue weighted by molar-refractivity contribution is 5.84. The molecule has 0 aromatic carbocycles. The lowest BCUT2D eigenvalue weighted by Crippen LogP contribution is -2.54. The lowest BCUT2D eigenvalue weighted by molar-refractivity contribution is -0.270. The Balaban J connectivity index is 2.58. The molecule has 0 bridgehead atoms. The normalized spacial score (nSPS) is 23.0. The minimum atomic E-state index is -5.85. The van der Waals surface area contributed by atoms with Gasteiger partial charge in [0.2, 0.25) is 0 Å². The van der Waals surface area contributed by atoms with E-state index in [2.05, 4.69) is 5.32 Å². The van der Waals surface area contributed by atoms with E-state index < -0.39 is 24.0 Å². The summed E-state index contributed by atoms with van der Waals surface area (Å²) in [5.41, 5.74) is 0. The second-order valence-corrected chi connectivity index (χ2v) is 3.94. The molecular formula is C9H13F5N2O. The van der Waals surface area contributed by atoms with Gasteiger partial charge in [-0.2, -0.15) is 22.0 Å². The van der Waals surface area contributed by atoms with Crippen LogP contribution in [0.2, 0.25) is 0 Å². The van der Waals surface area contributed by atoms with E-state index in [1.807, 2.05) is 0 Å². The molecule has 3 nitrogen and oxygen atoms in total. The zero-order valence-electron chi connectivity index (χ0n) is 8.91. The molecule has 0 aromatic rings. The molecule has 0 radical (unpaired) electrons. The van der Waals surface area contributed by atoms with E-state index >= 15 is 0 Å². The molecule has 1 heterocycles. The van der Waals surface area contributed by atoms with Gasteiger partial charge in [-0.3, -0.25) is 4.79 Å². The van der Waals surface area contributed by atoms with Crippen LogP contribution in [0.25, 0.3) is 0 Å². The summed E-state index contributed by atoms with van der Waals surface area (Å²) in [5, 5.41) is 4.59. The van der Waals surface area contributed by atoms with Crippen molar-refractivity contribution in [1.29, 1.82) is 0 Å². The molecule has 1 aliphatic rings. The zero-order chi connectivity index (χ0) is 13.1. The van der Waals surface area contributed by atoms with Crippen LogP contribution in [0.1, 0.15) is 19.3 Å². The van der Waals surface area contributed by atoms with Gasteiger partial charge >= 0.3 is 18.0 Å². The van der Waals surface area contributed by atoms with Crippen molar-refractivity contribution in [3.8, 4) is 0 Å². The van der Waals surface area contributed by atoms with Crippen LogP contribution < -0.4 is 10.6 Å². The highest BCUT2D eigenvalue weighted by Crippen LogP contribution is 2.35. The van der Waals surface area contributed by atoms with Gasteiger partial charge in [0, 0.05) is 12.6 Å². The van der Waals surface area contributed by atoms with E-state index in [-0.39, 0.29) is 6.54 Å². The molecular weight excluding hydrogens is 247 g/mol. The average molecular weight is 260 g/mol. The molecule has 1 rings (SSSR count). The number of hydrogen-bond acceptors (Lipinski definition) is 2. The average Bonchev–Trinajstić information content (AvgIpc) is 2.44. The number of halogens is 5. The van der Waals surface area contributed by atoms with Crippen molar-refractivity contribution < 1.29 is 26.7 Å². The van der Waals surface area contributed by atoms with Crippen molar-refractivity contribution in [3.05, 3.63) is 0 Å². The summed E-state index contributed by atoms with van der Waals surface area (Å²) in [4.78, 5) is 10.9. The summed E-state index contributed by atoms with van der Waals surface area (Å²) in [6, 6.07) is -0.682. The van der Waals surface area contributed by atoms with Gasteiger partial charge in [0.1, 0.15) is 0 Å². The minimum absolute atomic E-state index is 0.208. The van der Waals surface area contributed by atoms with Crippen LogP contribution in [0.4, 0.5) is 22.0 Å². The Morgan fingerprint density at radius 2 is 1.82 bits per heavy atom. The van der Waals surface area contributed by atoms with Crippen LogP contribution in [-0.4, -0.2) is 37.1 Å². The topological polar surface area (TPSA) is 41.1 Å². The van der Waals surface area contributed by atoms with Crippen molar-refractivity contribution in [3.63, 3.8) is 0 Å². The van der Waals surface area contributed by atoms with Crippen LogP contribution in [0.15, 0.2) is 0 Å². The van der Waals surface area contributed by atoms with Gasteiger partial charge in [0.25, 0.3) is 0 Å². The summed E-state index contributed by atoms with van der Waals surface area (Å²) in [6.45, 7) is 0.877. The van der Waals surface area contributed by atoms with Gasteiger partial charge in [0.15, 0.2) is 0 Å². The monoisotopic (exact) mass is 260 g/mol. The van der Waals surface area contributed by atoms with E-state index in [4.69, 9.17) is 0 Å². The van der Waals surface area contributed by atoms with E-state index in [0.717, 1.165) is 6.42 Å². The summed E-state index contributed by atoms with van der Waals surface area (Å²) in [5.74, 6) is -7.61. The van der Waals surface area contributed by atoms with E-state index in [9.17, 15) is 26.7 Å². The van der Waals surface area contributed by atoms with Crippen molar-refractivity contribution in [1.82, 2.24) is 10.6 Å². The first-order valence-corrected chi connectivity index (χ1v) is 5.21. The third kappa shape index (κ3) is 3.52. The summed E-state index contributed by atoms with van der Waals surface area (Å²) in [7, 11) is 0. The largest absolute Gasteiger partial charge is 0.463 e. The predicted molar refractivity (Wildman–Crippen MR) is 49.7 cm³/mol. The first-order valence-electron chi connectivity index (χ1n) is 5.21. The Hall–Kier alpha value is -0.920. The number of alkyl halides is 5. The van der Waals surface area contributed by atoms with Crippen molar-refractivity contribution in [2.24, 2.45) is 0 Å². The van der Waals surface area contributed by atoms with Crippen molar-refractivity contribution in [2.75, 3.05) is 13.1 Å². The maximum absolute atomic E-state index is 12.6. The molecule has 2 N–H and O–H groups in total. The summed E-state index contributed by atoms with van der Waals surface area (Å²) < 4.78 is 60.9.